The van der Waals surface area contributed by atoms with Gasteiger partial charge in [-0.2, -0.15) is 0 Å². The van der Waals surface area contributed by atoms with Crippen molar-refractivity contribution in [3.63, 3.8) is 0 Å². The van der Waals surface area contributed by atoms with E-state index in [9.17, 15) is 14.7 Å². The zero-order valence-electron chi connectivity index (χ0n) is 15.7. The number of carbonyl (C=O) groups is 2. The van der Waals surface area contributed by atoms with Gasteiger partial charge in [0.2, 0.25) is 5.91 Å². The molecule has 1 saturated carbocycles. The lowest BCUT2D eigenvalue weighted by Crippen LogP contribution is -2.45. The molecule has 1 saturated heterocycles. The van der Waals surface area contributed by atoms with Crippen LogP contribution in [0, 0.1) is 5.41 Å². The number of nitrogens with zero attached hydrogens (tertiary/aromatic N) is 1. The van der Waals surface area contributed by atoms with E-state index in [0.29, 0.717) is 24.5 Å². The topological polar surface area (TPSA) is 76.1 Å². The maximum Gasteiger partial charge on any atom is 0.311 e. The molecule has 1 N–H and O–H groups in total. The quantitative estimate of drug-likeness (QED) is 0.873. The van der Waals surface area contributed by atoms with Crippen molar-refractivity contribution in [2.24, 2.45) is 5.41 Å². The van der Waals surface area contributed by atoms with Crippen molar-refractivity contribution in [3.8, 4) is 11.5 Å². The van der Waals surface area contributed by atoms with Crippen LogP contribution in [0.3, 0.4) is 0 Å². The highest BCUT2D eigenvalue weighted by atomic mass is 16.5. The van der Waals surface area contributed by atoms with Gasteiger partial charge in [0.1, 0.15) is 0 Å². The Morgan fingerprint density at radius 3 is 2.27 bits per heavy atom. The molecule has 1 unspecified atom stereocenters. The van der Waals surface area contributed by atoms with Crippen LogP contribution in [0.25, 0.3) is 0 Å². The average molecular weight is 361 g/mol. The summed E-state index contributed by atoms with van der Waals surface area (Å²) in [5, 5.41) is 9.48. The molecule has 1 aliphatic carbocycles. The van der Waals surface area contributed by atoms with Crippen LogP contribution in [-0.2, 0) is 15.0 Å². The summed E-state index contributed by atoms with van der Waals surface area (Å²) in [6.07, 6.45) is 4.04. The molecule has 0 spiro atoms. The fraction of sp³-hybridized carbons (Fsp3) is 0.600. The molecule has 1 amide bonds. The zero-order valence-corrected chi connectivity index (χ0v) is 15.7. The lowest BCUT2D eigenvalue weighted by Gasteiger charge is -2.33. The lowest BCUT2D eigenvalue weighted by atomic mass is 9.77. The lowest BCUT2D eigenvalue weighted by molar-refractivity contribution is -0.147. The summed E-state index contributed by atoms with van der Waals surface area (Å²) in [7, 11) is 3.18. The number of hydrogen-bond acceptors (Lipinski definition) is 4. The van der Waals surface area contributed by atoms with Gasteiger partial charge >= 0.3 is 5.97 Å². The number of carboxylic acids is 1. The Morgan fingerprint density at radius 2 is 1.73 bits per heavy atom. The van der Waals surface area contributed by atoms with Gasteiger partial charge in [0, 0.05) is 13.1 Å². The number of hydrogen-bond donors (Lipinski definition) is 1. The van der Waals surface area contributed by atoms with Crippen molar-refractivity contribution in [2.75, 3.05) is 27.3 Å². The van der Waals surface area contributed by atoms with Crippen LogP contribution >= 0.6 is 0 Å². The summed E-state index contributed by atoms with van der Waals surface area (Å²) in [4.78, 5) is 26.8. The van der Waals surface area contributed by atoms with E-state index in [0.717, 1.165) is 31.2 Å². The van der Waals surface area contributed by atoms with Gasteiger partial charge in [-0.15, -0.1) is 0 Å². The summed E-state index contributed by atoms with van der Waals surface area (Å²) in [5.74, 6) is 0.462. The van der Waals surface area contributed by atoms with Gasteiger partial charge in [-0.05, 0) is 43.9 Å². The molecule has 1 atom stereocenters. The van der Waals surface area contributed by atoms with Crippen LogP contribution in [0.4, 0.5) is 0 Å². The number of benzene rings is 1. The van der Waals surface area contributed by atoms with E-state index in [-0.39, 0.29) is 12.5 Å². The third kappa shape index (κ3) is 2.91. The van der Waals surface area contributed by atoms with Crippen LogP contribution in [-0.4, -0.2) is 49.2 Å². The van der Waals surface area contributed by atoms with Gasteiger partial charge in [-0.25, -0.2) is 0 Å². The maximum absolute atomic E-state index is 13.5. The van der Waals surface area contributed by atoms with E-state index in [2.05, 4.69) is 0 Å². The predicted molar refractivity (Wildman–Crippen MR) is 96.6 cm³/mol. The molecule has 1 heterocycles. The normalized spacial score (nSPS) is 24.5. The van der Waals surface area contributed by atoms with E-state index >= 15 is 0 Å². The van der Waals surface area contributed by atoms with Gasteiger partial charge in [-0.3, -0.25) is 9.59 Å². The molecule has 26 heavy (non-hydrogen) atoms. The average Bonchev–Trinajstić information content (AvgIpc) is 3.29. The Kier molecular flexibility index (Phi) is 4.86. The van der Waals surface area contributed by atoms with Gasteiger partial charge in [0.05, 0.1) is 25.0 Å². The molecule has 0 bridgehead atoms. The standard InChI is InChI=1S/C20H27NO5/c1-19(18(23)24)10-11-21(13-19)17(22)20(8-4-5-9-20)14-6-7-15(25-2)16(12-14)26-3/h6-7,12H,4-5,8-11,13H2,1-3H3,(H,23,24). The molecule has 6 heteroatoms. The summed E-state index contributed by atoms with van der Waals surface area (Å²) >= 11 is 0. The number of rotatable bonds is 5. The Balaban J connectivity index is 1.94. The van der Waals surface area contributed by atoms with Gasteiger partial charge in [-0.1, -0.05) is 18.9 Å². The highest BCUT2D eigenvalue weighted by molar-refractivity contribution is 5.90. The molecule has 1 aromatic rings. The Bertz CT molecular complexity index is 710. The molecule has 2 fully saturated rings. The fourth-order valence-electron chi connectivity index (χ4n) is 4.35. The second-order valence-corrected chi connectivity index (χ2v) is 7.70. The highest BCUT2D eigenvalue weighted by Crippen LogP contribution is 2.46. The number of amides is 1. The largest absolute Gasteiger partial charge is 0.493 e. The number of carbonyl (C=O) groups excluding carboxylic acids is 1. The Hall–Kier alpha value is -2.24. The second kappa shape index (κ2) is 6.82. The number of carboxylic acid groups (broad SMARTS) is 1. The minimum atomic E-state index is -0.854. The molecule has 2 aliphatic rings. The summed E-state index contributed by atoms with van der Waals surface area (Å²) in [5.41, 5.74) is -0.516. The highest BCUT2D eigenvalue weighted by Gasteiger charge is 2.50. The van der Waals surface area contributed by atoms with Crippen molar-refractivity contribution in [3.05, 3.63) is 23.8 Å². The van der Waals surface area contributed by atoms with E-state index < -0.39 is 16.8 Å². The first kappa shape index (κ1) is 18.5. The Morgan fingerprint density at radius 1 is 1.08 bits per heavy atom. The van der Waals surface area contributed by atoms with Gasteiger partial charge < -0.3 is 19.5 Å². The minimum Gasteiger partial charge on any atom is -0.493 e. The number of ether oxygens (including phenoxy) is 2. The zero-order chi connectivity index (χ0) is 18.9. The van der Waals surface area contributed by atoms with Gasteiger partial charge in [0.15, 0.2) is 11.5 Å². The first-order valence-corrected chi connectivity index (χ1v) is 9.11. The maximum atomic E-state index is 13.5. The molecular formula is C20H27NO5. The summed E-state index contributed by atoms with van der Waals surface area (Å²) in [6, 6.07) is 5.68. The van der Waals surface area contributed by atoms with E-state index in [4.69, 9.17) is 9.47 Å². The molecule has 0 aromatic heterocycles. The van der Waals surface area contributed by atoms with Crippen molar-refractivity contribution < 1.29 is 24.2 Å². The van der Waals surface area contributed by atoms with Crippen LogP contribution in [0.1, 0.15) is 44.6 Å². The first-order valence-electron chi connectivity index (χ1n) is 9.11. The first-order chi connectivity index (χ1) is 12.4. The summed E-state index contributed by atoms with van der Waals surface area (Å²) in [6.45, 7) is 2.49. The molecule has 6 nitrogen and oxygen atoms in total. The van der Waals surface area contributed by atoms with E-state index in [1.807, 2.05) is 18.2 Å². The monoisotopic (exact) mass is 361 g/mol. The number of likely N-dealkylation sites (tertiary alicyclic amines) is 1. The van der Waals surface area contributed by atoms with E-state index in [1.165, 1.54) is 0 Å². The third-order valence-corrected chi connectivity index (χ3v) is 6.08. The molecule has 1 aromatic carbocycles. The second-order valence-electron chi connectivity index (χ2n) is 7.70. The fourth-order valence-corrected chi connectivity index (χ4v) is 4.35. The SMILES string of the molecule is COc1ccc(C2(C(=O)N3CCC(C)(C(=O)O)C3)CCCC2)cc1OC. The smallest absolute Gasteiger partial charge is 0.311 e. The Labute approximate surface area is 154 Å². The van der Waals surface area contributed by atoms with Crippen LogP contribution in [0.5, 0.6) is 11.5 Å². The minimum absolute atomic E-state index is 0.0483. The molecule has 0 radical (unpaired) electrons. The molecular weight excluding hydrogens is 334 g/mol. The van der Waals surface area contributed by atoms with Gasteiger partial charge in [0.25, 0.3) is 0 Å². The predicted octanol–water partition coefficient (Wildman–Crippen LogP) is 2.84. The van der Waals surface area contributed by atoms with Crippen molar-refractivity contribution in [2.45, 2.75) is 44.4 Å². The molecule has 3 rings (SSSR count). The van der Waals surface area contributed by atoms with Crippen LogP contribution in [0.2, 0.25) is 0 Å². The van der Waals surface area contributed by atoms with Crippen molar-refractivity contribution in [1.82, 2.24) is 4.90 Å². The molecule has 1 aliphatic heterocycles. The molecule has 142 valence electrons. The van der Waals surface area contributed by atoms with Crippen molar-refractivity contribution in [1.29, 1.82) is 0 Å². The third-order valence-electron chi connectivity index (χ3n) is 6.08. The summed E-state index contributed by atoms with van der Waals surface area (Å²) < 4.78 is 10.7. The number of methoxy groups -OCH3 is 2. The number of aliphatic carboxylic acids is 1. The van der Waals surface area contributed by atoms with E-state index in [1.54, 1.807) is 26.0 Å². The van der Waals surface area contributed by atoms with Crippen LogP contribution < -0.4 is 9.47 Å². The van der Waals surface area contributed by atoms with Crippen LogP contribution in [0.15, 0.2) is 18.2 Å². The van der Waals surface area contributed by atoms with Crippen molar-refractivity contribution >= 4 is 11.9 Å².